The smallest absolute Gasteiger partial charge is 0.296 e. The van der Waals surface area contributed by atoms with Crippen LogP contribution in [0.3, 0.4) is 0 Å². The zero-order chi connectivity index (χ0) is 23.8. The largest absolute Gasteiger partial charge is 0.427 e. The highest BCUT2D eigenvalue weighted by Gasteiger charge is 2.60. The van der Waals surface area contributed by atoms with Crippen molar-refractivity contribution in [3.8, 4) is 0 Å². The van der Waals surface area contributed by atoms with Crippen LogP contribution in [0.2, 0.25) is 0 Å². The van der Waals surface area contributed by atoms with Gasteiger partial charge in [0.25, 0.3) is 0 Å². The summed E-state index contributed by atoms with van der Waals surface area (Å²) in [7, 11) is -13.4. The molecule has 0 spiro atoms. The molecule has 0 aliphatic rings. The third-order valence-electron chi connectivity index (χ3n) is 3.41. The molecular weight excluding hydrogens is 467 g/mol. The van der Waals surface area contributed by atoms with Crippen molar-refractivity contribution in [1.82, 2.24) is 4.21 Å². The van der Waals surface area contributed by atoms with Crippen LogP contribution in [0.1, 0.15) is 80.1 Å². The summed E-state index contributed by atoms with van der Waals surface area (Å²) in [6.45, 7) is 11.0. The Morgan fingerprint density at radius 3 is 0.710 bits per heavy atom. The SMILES string of the molecule is CCCOP(=O)(OCCC)N(P(=O)(OCCC)OCCC)P(=O)(OCCC)OCCC. The van der Waals surface area contributed by atoms with Gasteiger partial charge in [-0.2, -0.15) is 0 Å². The minimum atomic E-state index is -4.46. The molecule has 0 aliphatic carbocycles. The van der Waals surface area contributed by atoms with Gasteiger partial charge in [-0.15, -0.1) is 0 Å². The van der Waals surface area contributed by atoms with Gasteiger partial charge >= 0.3 is 23.2 Å². The highest BCUT2D eigenvalue weighted by atomic mass is 31.3. The van der Waals surface area contributed by atoms with Crippen LogP contribution in [0.4, 0.5) is 0 Å². The number of hydrogen-bond donors (Lipinski definition) is 0. The standard InChI is InChI=1S/C18H42NO9P3/c1-7-13-23-29(20,24-14-8-2)19(30(21,25-15-9-3)26-16-10-4)31(22,27-17-11-5)28-18-12-6/h7-18H2,1-6H3. The Hall–Kier alpha value is 0.410. The van der Waals surface area contributed by atoms with Crippen molar-refractivity contribution < 1.29 is 40.8 Å². The summed E-state index contributed by atoms with van der Waals surface area (Å²) >= 11 is 0. The van der Waals surface area contributed by atoms with E-state index in [1.807, 2.05) is 41.5 Å². The van der Waals surface area contributed by atoms with Crippen LogP contribution >= 0.6 is 23.2 Å². The van der Waals surface area contributed by atoms with E-state index in [1.165, 1.54) is 0 Å². The van der Waals surface area contributed by atoms with Crippen LogP contribution in [-0.2, 0) is 40.8 Å². The van der Waals surface area contributed by atoms with Crippen LogP contribution in [0.5, 0.6) is 0 Å². The lowest BCUT2D eigenvalue weighted by Gasteiger charge is -2.37. The molecule has 13 heteroatoms. The van der Waals surface area contributed by atoms with Gasteiger partial charge in [0, 0.05) is 0 Å². The Labute approximate surface area is 188 Å². The predicted octanol–water partition coefficient (Wildman–Crippen LogP) is 7.17. The fraction of sp³-hybridized carbons (Fsp3) is 1.00. The van der Waals surface area contributed by atoms with E-state index in [-0.39, 0.29) is 39.6 Å². The Morgan fingerprint density at radius 2 is 0.581 bits per heavy atom. The van der Waals surface area contributed by atoms with E-state index in [4.69, 9.17) is 27.1 Å². The molecule has 0 saturated carbocycles. The molecule has 0 aromatic carbocycles. The zero-order valence-corrected chi connectivity index (χ0v) is 22.6. The topological polar surface area (TPSA) is 110 Å². The second kappa shape index (κ2) is 16.9. The monoisotopic (exact) mass is 509 g/mol. The first-order valence-corrected chi connectivity index (χ1v) is 15.7. The molecule has 0 bridgehead atoms. The lowest BCUT2D eigenvalue weighted by atomic mass is 10.5. The quantitative estimate of drug-likeness (QED) is 0.148. The fourth-order valence-electron chi connectivity index (χ4n) is 2.06. The number of hydrogen-bond acceptors (Lipinski definition) is 9. The van der Waals surface area contributed by atoms with Gasteiger partial charge in [0.15, 0.2) is 0 Å². The number of rotatable bonds is 21. The summed E-state index contributed by atoms with van der Waals surface area (Å²) in [5.74, 6) is 0. The molecule has 31 heavy (non-hydrogen) atoms. The van der Waals surface area contributed by atoms with Gasteiger partial charge in [0.2, 0.25) is 0 Å². The van der Waals surface area contributed by atoms with Gasteiger partial charge in [0.1, 0.15) is 0 Å². The molecule has 0 heterocycles. The summed E-state index contributed by atoms with van der Waals surface area (Å²) in [5, 5.41) is 0. The van der Waals surface area contributed by atoms with Crippen LogP contribution < -0.4 is 0 Å². The Kier molecular flexibility index (Phi) is 17.2. The average Bonchev–Trinajstić information content (AvgIpc) is 2.76. The van der Waals surface area contributed by atoms with Gasteiger partial charge in [-0.3, -0.25) is 27.1 Å². The molecule has 0 fully saturated rings. The van der Waals surface area contributed by atoms with E-state index in [9.17, 15) is 13.7 Å². The van der Waals surface area contributed by atoms with Gasteiger partial charge in [-0.25, -0.2) is 13.7 Å². The molecular formula is C18H42NO9P3. The lowest BCUT2D eigenvalue weighted by Crippen LogP contribution is -2.24. The van der Waals surface area contributed by atoms with E-state index in [1.54, 1.807) is 0 Å². The van der Waals surface area contributed by atoms with Crippen molar-refractivity contribution in [1.29, 1.82) is 0 Å². The molecule has 0 aromatic rings. The Morgan fingerprint density at radius 1 is 0.419 bits per heavy atom. The van der Waals surface area contributed by atoms with Crippen LogP contribution in [-0.4, -0.2) is 43.9 Å². The van der Waals surface area contributed by atoms with Crippen molar-refractivity contribution in [2.75, 3.05) is 39.6 Å². The maximum absolute atomic E-state index is 14.0. The van der Waals surface area contributed by atoms with Crippen LogP contribution in [0.15, 0.2) is 0 Å². The Balaban J connectivity index is 6.69. The van der Waals surface area contributed by atoms with Crippen LogP contribution in [0.25, 0.3) is 0 Å². The van der Waals surface area contributed by atoms with Crippen molar-refractivity contribution >= 4 is 23.2 Å². The molecule has 0 rings (SSSR count). The maximum Gasteiger partial charge on any atom is 0.427 e. The van der Waals surface area contributed by atoms with Gasteiger partial charge in [-0.05, 0) is 42.7 Å². The van der Waals surface area contributed by atoms with Crippen molar-refractivity contribution in [2.45, 2.75) is 80.1 Å². The highest BCUT2D eigenvalue weighted by Crippen LogP contribution is 2.81. The van der Waals surface area contributed by atoms with E-state index >= 15 is 0 Å². The van der Waals surface area contributed by atoms with Gasteiger partial charge in [0.05, 0.1) is 39.6 Å². The molecule has 0 aromatic heterocycles. The normalized spacial score (nSPS) is 13.3. The maximum atomic E-state index is 14.0. The summed E-state index contributed by atoms with van der Waals surface area (Å²) in [6.07, 6.45) is 3.00. The summed E-state index contributed by atoms with van der Waals surface area (Å²) in [6, 6.07) is 0. The van der Waals surface area contributed by atoms with Crippen molar-refractivity contribution in [2.24, 2.45) is 0 Å². The molecule has 0 atom stereocenters. The Bertz CT molecular complexity index is 489. The molecule has 10 nitrogen and oxygen atoms in total. The van der Waals surface area contributed by atoms with Crippen molar-refractivity contribution in [3.05, 3.63) is 0 Å². The van der Waals surface area contributed by atoms with Crippen LogP contribution in [0, 0.1) is 0 Å². The average molecular weight is 509 g/mol. The molecule has 188 valence electrons. The second-order valence-electron chi connectivity index (χ2n) is 6.67. The first-order valence-electron chi connectivity index (χ1n) is 11.2. The van der Waals surface area contributed by atoms with E-state index in [0.717, 1.165) is 0 Å². The third kappa shape index (κ3) is 10.5. The summed E-state index contributed by atoms with van der Waals surface area (Å²) in [5.41, 5.74) is 0. The fourth-order valence-corrected chi connectivity index (χ4v) is 10.5. The highest BCUT2D eigenvalue weighted by molar-refractivity contribution is 7.81. The van der Waals surface area contributed by atoms with Crippen molar-refractivity contribution in [3.63, 3.8) is 0 Å². The second-order valence-corrected chi connectivity index (χ2v) is 13.2. The molecule has 0 unspecified atom stereocenters. The summed E-state index contributed by atoms with van der Waals surface area (Å²) in [4.78, 5) is 0. The third-order valence-corrected chi connectivity index (χ3v) is 11.7. The number of nitrogens with zero attached hydrogens (tertiary/aromatic N) is 1. The predicted molar refractivity (Wildman–Crippen MR) is 122 cm³/mol. The minimum Gasteiger partial charge on any atom is -0.296 e. The van der Waals surface area contributed by atoms with Gasteiger partial charge < -0.3 is 0 Å². The molecule has 0 saturated heterocycles. The zero-order valence-electron chi connectivity index (χ0n) is 19.9. The lowest BCUT2D eigenvalue weighted by molar-refractivity contribution is 0.132. The van der Waals surface area contributed by atoms with E-state index in [0.29, 0.717) is 42.7 Å². The molecule has 0 amide bonds. The molecule has 0 radical (unpaired) electrons. The first kappa shape index (κ1) is 31.4. The molecule has 0 N–H and O–H groups in total. The van der Waals surface area contributed by atoms with E-state index < -0.39 is 23.2 Å². The summed E-state index contributed by atoms with van der Waals surface area (Å²) < 4.78 is 75.8. The molecule has 0 aliphatic heterocycles. The van der Waals surface area contributed by atoms with E-state index in [2.05, 4.69) is 0 Å². The van der Waals surface area contributed by atoms with Gasteiger partial charge in [-0.1, -0.05) is 41.5 Å². The first-order chi connectivity index (χ1) is 14.7. The minimum absolute atomic E-state index is 0.0145.